The summed E-state index contributed by atoms with van der Waals surface area (Å²) >= 11 is 5.63. The maximum Gasteiger partial charge on any atom is 0.338 e. The zero-order chi connectivity index (χ0) is 11.8. The van der Waals surface area contributed by atoms with Crippen molar-refractivity contribution in [1.82, 2.24) is 0 Å². The zero-order valence-corrected chi connectivity index (χ0v) is 10.9. The van der Waals surface area contributed by atoms with Crippen molar-refractivity contribution in [3.63, 3.8) is 0 Å². The number of halogens is 1. The van der Waals surface area contributed by atoms with Crippen LogP contribution in [0.25, 0.3) is 0 Å². The molecule has 16 heavy (non-hydrogen) atoms. The van der Waals surface area contributed by atoms with Gasteiger partial charge in [-0.3, -0.25) is 4.57 Å². The molecule has 0 bridgehead atoms. The van der Waals surface area contributed by atoms with E-state index in [-0.39, 0.29) is 16.8 Å². The molecule has 4 nitrogen and oxygen atoms in total. The first-order valence-corrected chi connectivity index (χ1v) is 7.12. The van der Waals surface area contributed by atoms with Crippen LogP contribution in [0.4, 0.5) is 0 Å². The largest absolute Gasteiger partial charge is 0.449 e. The van der Waals surface area contributed by atoms with Gasteiger partial charge in [0.25, 0.3) is 0 Å². The average Bonchev–Trinajstić information content (AvgIpc) is 2.58. The van der Waals surface area contributed by atoms with E-state index in [4.69, 9.17) is 25.1 Å². The highest BCUT2D eigenvalue weighted by Crippen LogP contribution is 2.56. The molecule has 2 rings (SSSR count). The molecular formula is C10H14ClO4P. The normalized spacial score (nSPS) is 23.2. The van der Waals surface area contributed by atoms with Crippen LogP contribution in [0.15, 0.2) is 16.5 Å². The van der Waals surface area contributed by atoms with Crippen LogP contribution in [0.1, 0.15) is 19.6 Å². The second-order valence-corrected chi connectivity index (χ2v) is 7.11. The highest BCUT2D eigenvalue weighted by Gasteiger charge is 2.37. The van der Waals surface area contributed by atoms with Crippen molar-refractivity contribution >= 4 is 19.2 Å². The van der Waals surface area contributed by atoms with Crippen molar-refractivity contribution in [2.45, 2.75) is 20.0 Å². The number of rotatable bonds is 2. The average molecular weight is 265 g/mol. The lowest BCUT2D eigenvalue weighted by Crippen LogP contribution is -2.29. The molecule has 0 aliphatic carbocycles. The highest BCUT2D eigenvalue weighted by atomic mass is 35.5. The fourth-order valence-corrected chi connectivity index (χ4v) is 3.41. The quantitative estimate of drug-likeness (QED) is 0.764. The molecular weight excluding hydrogens is 251 g/mol. The van der Waals surface area contributed by atoms with E-state index in [1.165, 1.54) is 0 Å². The molecule has 0 N–H and O–H groups in total. The Morgan fingerprint density at radius 2 is 2.00 bits per heavy atom. The summed E-state index contributed by atoms with van der Waals surface area (Å²) in [5.41, 5.74) is -0.0886. The lowest BCUT2D eigenvalue weighted by Gasteiger charge is -2.33. The monoisotopic (exact) mass is 264 g/mol. The van der Waals surface area contributed by atoms with Gasteiger partial charge in [-0.1, -0.05) is 13.8 Å². The van der Waals surface area contributed by atoms with Crippen molar-refractivity contribution in [2.75, 3.05) is 13.2 Å². The van der Waals surface area contributed by atoms with Crippen LogP contribution in [-0.2, 0) is 19.8 Å². The Kier molecular flexibility index (Phi) is 3.19. The van der Waals surface area contributed by atoms with Crippen LogP contribution >= 0.6 is 19.2 Å². The summed E-state index contributed by atoms with van der Waals surface area (Å²) in [5.74, 6) is 0.521. The van der Waals surface area contributed by atoms with Gasteiger partial charge in [-0.15, -0.1) is 0 Å². The predicted octanol–water partition coefficient (Wildman–Crippen LogP) is 3.70. The first-order chi connectivity index (χ1) is 7.39. The Morgan fingerprint density at radius 1 is 1.38 bits per heavy atom. The molecule has 1 fully saturated rings. The molecule has 90 valence electrons. The maximum absolute atomic E-state index is 12.2. The van der Waals surface area contributed by atoms with Crippen LogP contribution < -0.4 is 0 Å². The van der Waals surface area contributed by atoms with Gasteiger partial charge in [0.1, 0.15) is 11.9 Å². The van der Waals surface area contributed by atoms with Gasteiger partial charge in [0, 0.05) is 5.41 Å². The van der Waals surface area contributed by atoms with Crippen LogP contribution in [0.2, 0.25) is 5.22 Å². The molecule has 0 amide bonds. The zero-order valence-electron chi connectivity index (χ0n) is 9.23. The Bertz CT molecular complexity index is 412. The summed E-state index contributed by atoms with van der Waals surface area (Å²) in [6, 6.07) is 3.28. The van der Waals surface area contributed by atoms with Gasteiger partial charge in [-0.05, 0) is 23.7 Å². The van der Waals surface area contributed by atoms with E-state index >= 15 is 0 Å². The third kappa shape index (κ3) is 2.89. The van der Waals surface area contributed by atoms with Crippen molar-refractivity contribution in [3.8, 4) is 0 Å². The molecule has 1 aliphatic heterocycles. The van der Waals surface area contributed by atoms with Crippen molar-refractivity contribution in [2.24, 2.45) is 5.41 Å². The molecule has 0 saturated carbocycles. The van der Waals surface area contributed by atoms with E-state index in [2.05, 4.69) is 0 Å². The van der Waals surface area contributed by atoms with Gasteiger partial charge in [0.2, 0.25) is 0 Å². The Labute approximate surface area is 99.4 Å². The fraction of sp³-hybridized carbons (Fsp3) is 0.600. The fourth-order valence-electron chi connectivity index (χ4n) is 1.34. The summed E-state index contributed by atoms with van der Waals surface area (Å²) in [5, 5.41) is 0.277. The van der Waals surface area contributed by atoms with Gasteiger partial charge in [0.05, 0.1) is 13.2 Å². The molecule has 0 aromatic carbocycles. The van der Waals surface area contributed by atoms with E-state index in [1.807, 2.05) is 13.8 Å². The third-order valence-corrected chi connectivity index (χ3v) is 4.23. The molecule has 0 unspecified atom stereocenters. The smallest absolute Gasteiger partial charge is 0.338 e. The van der Waals surface area contributed by atoms with Gasteiger partial charge >= 0.3 is 7.60 Å². The lowest BCUT2D eigenvalue weighted by molar-refractivity contribution is 0.0404. The predicted molar refractivity (Wildman–Crippen MR) is 60.7 cm³/mol. The molecule has 0 atom stereocenters. The minimum absolute atomic E-state index is 0.0886. The van der Waals surface area contributed by atoms with Gasteiger partial charge in [0.15, 0.2) is 5.22 Å². The molecule has 6 heteroatoms. The first-order valence-electron chi connectivity index (χ1n) is 5.01. The highest BCUT2D eigenvalue weighted by molar-refractivity contribution is 7.53. The Morgan fingerprint density at radius 3 is 2.50 bits per heavy atom. The van der Waals surface area contributed by atoms with E-state index in [9.17, 15) is 4.57 Å². The molecule has 1 aromatic heterocycles. The standard InChI is InChI=1S/C10H14ClO4P/c1-10(2)6-13-16(12,14-7-10)5-8-3-4-9(11)15-8/h3-4H,5-7H2,1-2H3. The van der Waals surface area contributed by atoms with Crippen LogP contribution in [0.5, 0.6) is 0 Å². The van der Waals surface area contributed by atoms with Crippen LogP contribution in [-0.4, -0.2) is 13.2 Å². The summed E-state index contributed by atoms with van der Waals surface area (Å²) < 4.78 is 27.9. The van der Waals surface area contributed by atoms with E-state index < -0.39 is 7.60 Å². The van der Waals surface area contributed by atoms with Crippen LogP contribution in [0, 0.1) is 5.41 Å². The number of hydrogen-bond donors (Lipinski definition) is 0. The first kappa shape index (κ1) is 12.2. The molecule has 2 heterocycles. The molecule has 1 aromatic rings. The Balaban J connectivity index is 2.03. The molecule has 0 spiro atoms. The lowest BCUT2D eigenvalue weighted by atomic mass is 9.97. The van der Waals surface area contributed by atoms with Crippen molar-refractivity contribution in [3.05, 3.63) is 23.1 Å². The summed E-state index contributed by atoms with van der Waals surface area (Å²) in [4.78, 5) is 0. The molecule has 1 aliphatic rings. The van der Waals surface area contributed by atoms with Crippen molar-refractivity contribution < 1.29 is 18.0 Å². The summed E-state index contributed by atoms with van der Waals surface area (Å²) in [7, 11) is -3.05. The summed E-state index contributed by atoms with van der Waals surface area (Å²) in [6.45, 7) is 4.86. The SMILES string of the molecule is CC1(C)COP(=O)(Cc2ccc(Cl)o2)OC1. The third-order valence-electron chi connectivity index (χ3n) is 2.28. The van der Waals surface area contributed by atoms with Gasteiger partial charge in [-0.25, -0.2) is 0 Å². The second kappa shape index (κ2) is 4.19. The topological polar surface area (TPSA) is 48.7 Å². The maximum atomic E-state index is 12.2. The summed E-state index contributed by atoms with van der Waals surface area (Å²) in [6.07, 6.45) is 0.135. The van der Waals surface area contributed by atoms with Crippen molar-refractivity contribution in [1.29, 1.82) is 0 Å². The number of hydrogen-bond acceptors (Lipinski definition) is 4. The van der Waals surface area contributed by atoms with Gasteiger partial charge < -0.3 is 13.5 Å². The molecule has 0 radical (unpaired) electrons. The number of furan rings is 1. The minimum atomic E-state index is -3.05. The van der Waals surface area contributed by atoms with E-state index in [0.29, 0.717) is 19.0 Å². The van der Waals surface area contributed by atoms with E-state index in [1.54, 1.807) is 12.1 Å². The van der Waals surface area contributed by atoms with Crippen LogP contribution in [0.3, 0.4) is 0 Å². The van der Waals surface area contributed by atoms with E-state index in [0.717, 1.165) is 0 Å². The minimum Gasteiger partial charge on any atom is -0.449 e. The molecule has 1 saturated heterocycles. The second-order valence-electron chi connectivity index (χ2n) is 4.69. The Hall–Kier alpha value is -0.280. The van der Waals surface area contributed by atoms with Gasteiger partial charge in [-0.2, -0.15) is 0 Å².